The Morgan fingerprint density at radius 2 is 1.96 bits per heavy atom. The summed E-state index contributed by atoms with van der Waals surface area (Å²) in [5.74, 6) is 0.983. The summed E-state index contributed by atoms with van der Waals surface area (Å²) in [4.78, 5) is 9.42. The quantitative estimate of drug-likeness (QED) is 0.708. The summed E-state index contributed by atoms with van der Waals surface area (Å²) in [6, 6.07) is 11.0. The number of rotatable bonds is 4. The minimum atomic E-state index is -3.47. The van der Waals surface area contributed by atoms with E-state index in [2.05, 4.69) is 16.9 Å². The lowest BCUT2D eigenvalue weighted by Crippen LogP contribution is -2.29. The molecule has 3 aromatic rings. The summed E-state index contributed by atoms with van der Waals surface area (Å²) in [7, 11) is -1.52. The monoisotopic (exact) mass is 370 g/mol. The van der Waals surface area contributed by atoms with Crippen LogP contribution in [0.4, 0.5) is 0 Å². The Morgan fingerprint density at radius 1 is 1.19 bits per heavy atom. The van der Waals surface area contributed by atoms with Gasteiger partial charge in [0.2, 0.25) is 10.0 Å². The van der Waals surface area contributed by atoms with E-state index in [1.165, 1.54) is 0 Å². The molecule has 1 aromatic carbocycles. The maximum Gasteiger partial charge on any atom is 0.243 e. The molecule has 136 valence electrons. The van der Waals surface area contributed by atoms with Gasteiger partial charge in [0, 0.05) is 32.3 Å². The number of sulfonamides is 1. The number of hydrogen-bond acceptors (Lipinski definition) is 4. The van der Waals surface area contributed by atoms with Crippen molar-refractivity contribution in [3.8, 4) is 0 Å². The number of benzene rings is 1. The SMILES string of the molecule is CCc1ccc(S(=O)(=O)N2CCC(c3nc4cccnc4n3C)C2)cc1. The number of hydrogen-bond donors (Lipinski definition) is 0. The van der Waals surface area contributed by atoms with Crippen molar-refractivity contribution in [2.24, 2.45) is 7.05 Å². The molecule has 0 N–H and O–H groups in total. The zero-order chi connectivity index (χ0) is 18.3. The van der Waals surface area contributed by atoms with Crippen LogP contribution >= 0.6 is 0 Å². The van der Waals surface area contributed by atoms with Crippen molar-refractivity contribution >= 4 is 21.2 Å². The molecular weight excluding hydrogens is 348 g/mol. The molecule has 26 heavy (non-hydrogen) atoms. The molecule has 1 aliphatic heterocycles. The van der Waals surface area contributed by atoms with E-state index in [4.69, 9.17) is 0 Å². The van der Waals surface area contributed by atoms with E-state index in [9.17, 15) is 8.42 Å². The molecule has 1 atom stereocenters. The van der Waals surface area contributed by atoms with Crippen molar-refractivity contribution in [2.75, 3.05) is 13.1 Å². The molecule has 4 rings (SSSR count). The number of aryl methyl sites for hydroxylation is 2. The molecule has 7 heteroatoms. The third kappa shape index (κ3) is 2.81. The molecule has 0 radical (unpaired) electrons. The Hall–Kier alpha value is -2.25. The van der Waals surface area contributed by atoms with Crippen LogP contribution < -0.4 is 0 Å². The van der Waals surface area contributed by atoms with Crippen LogP contribution in [-0.4, -0.2) is 40.3 Å². The van der Waals surface area contributed by atoms with Gasteiger partial charge >= 0.3 is 0 Å². The number of fused-ring (bicyclic) bond motifs is 1. The van der Waals surface area contributed by atoms with Crippen LogP contribution in [0.3, 0.4) is 0 Å². The highest BCUT2D eigenvalue weighted by atomic mass is 32.2. The van der Waals surface area contributed by atoms with E-state index >= 15 is 0 Å². The number of imidazole rings is 1. The van der Waals surface area contributed by atoms with Gasteiger partial charge in [-0.25, -0.2) is 18.4 Å². The lowest BCUT2D eigenvalue weighted by molar-refractivity contribution is 0.470. The second-order valence-electron chi connectivity index (χ2n) is 6.72. The van der Waals surface area contributed by atoms with E-state index in [0.29, 0.717) is 18.0 Å². The summed E-state index contributed by atoms with van der Waals surface area (Å²) in [5, 5.41) is 0. The molecule has 6 nitrogen and oxygen atoms in total. The normalized spacial score (nSPS) is 18.6. The van der Waals surface area contributed by atoms with Crippen molar-refractivity contribution in [1.82, 2.24) is 18.8 Å². The van der Waals surface area contributed by atoms with Gasteiger partial charge < -0.3 is 4.57 Å². The van der Waals surface area contributed by atoms with Crippen molar-refractivity contribution < 1.29 is 8.42 Å². The highest BCUT2D eigenvalue weighted by Gasteiger charge is 2.35. The molecule has 1 aliphatic rings. The molecule has 0 aliphatic carbocycles. The van der Waals surface area contributed by atoms with Crippen LogP contribution in [0.15, 0.2) is 47.5 Å². The molecule has 0 amide bonds. The van der Waals surface area contributed by atoms with Gasteiger partial charge in [-0.15, -0.1) is 0 Å². The third-order valence-corrected chi connectivity index (χ3v) is 7.03. The molecule has 3 heterocycles. The van der Waals surface area contributed by atoms with Crippen LogP contribution in [0.25, 0.3) is 11.2 Å². The third-order valence-electron chi connectivity index (χ3n) is 5.15. The summed E-state index contributed by atoms with van der Waals surface area (Å²) in [6.07, 6.45) is 3.41. The van der Waals surface area contributed by atoms with Crippen LogP contribution in [0.1, 0.15) is 30.7 Å². The molecule has 2 aromatic heterocycles. The summed E-state index contributed by atoms with van der Waals surface area (Å²) in [5.41, 5.74) is 2.82. The Morgan fingerprint density at radius 3 is 2.65 bits per heavy atom. The van der Waals surface area contributed by atoms with Gasteiger partial charge in [0.1, 0.15) is 11.3 Å². The molecule has 1 fully saturated rings. The van der Waals surface area contributed by atoms with E-state index in [-0.39, 0.29) is 5.92 Å². The van der Waals surface area contributed by atoms with E-state index < -0.39 is 10.0 Å². The predicted octanol–water partition coefficient (Wildman–Crippen LogP) is 2.71. The molecule has 1 unspecified atom stereocenters. The molecule has 0 saturated carbocycles. The topological polar surface area (TPSA) is 68.1 Å². The molecular formula is C19H22N4O2S. The lowest BCUT2D eigenvalue weighted by atomic mass is 10.1. The van der Waals surface area contributed by atoms with E-state index in [1.54, 1.807) is 22.6 Å². The summed E-state index contributed by atoms with van der Waals surface area (Å²) < 4.78 is 29.5. The number of aromatic nitrogens is 3. The first-order chi connectivity index (χ1) is 12.5. The van der Waals surface area contributed by atoms with Crippen molar-refractivity contribution in [3.63, 3.8) is 0 Å². The van der Waals surface area contributed by atoms with Gasteiger partial charge in [0.15, 0.2) is 5.65 Å². The van der Waals surface area contributed by atoms with Gasteiger partial charge in [-0.2, -0.15) is 4.31 Å². The standard InChI is InChI=1S/C19H22N4O2S/c1-3-14-6-8-16(9-7-14)26(24,25)23-12-10-15(13-23)18-21-17-5-4-11-20-19(17)22(18)2/h4-9,11,15H,3,10,12-13H2,1-2H3. The van der Waals surface area contributed by atoms with Crippen LogP contribution in [-0.2, 0) is 23.5 Å². The van der Waals surface area contributed by atoms with Crippen LogP contribution in [0.5, 0.6) is 0 Å². The Kier molecular flexibility index (Phi) is 4.28. The second-order valence-corrected chi connectivity index (χ2v) is 8.66. The van der Waals surface area contributed by atoms with Gasteiger partial charge in [-0.05, 0) is 42.7 Å². The first kappa shape index (κ1) is 17.2. The highest BCUT2D eigenvalue weighted by molar-refractivity contribution is 7.89. The summed E-state index contributed by atoms with van der Waals surface area (Å²) >= 11 is 0. The zero-order valence-corrected chi connectivity index (χ0v) is 15.8. The van der Waals surface area contributed by atoms with Gasteiger partial charge in [0.05, 0.1) is 4.90 Å². The van der Waals surface area contributed by atoms with Crippen LogP contribution in [0.2, 0.25) is 0 Å². The van der Waals surface area contributed by atoms with Crippen molar-refractivity contribution in [1.29, 1.82) is 0 Å². The first-order valence-corrected chi connectivity index (χ1v) is 10.3. The van der Waals surface area contributed by atoms with Gasteiger partial charge in [0.25, 0.3) is 0 Å². The minimum Gasteiger partial charge on any atom is -0.316 e. The van der Waals surface area contributed by atoms with Gasteiger partial charge in [-0.3, -0.25) is 0 Å². The predicted molar refractivity (Wildman–Crippen MR) is 100 cm³/mol. The first-order valence-electron chi connectivity index (χ1n) is 8.87. The Bertz CT molecular complexity index is 1040. The average molecular weight is 370 g/mol. The van der Waals surface area contributed by atoms with Gasteiger partial charge in [-0.1, -0.05) is 19.1 Å². The fourth-order valence-electron chi connectivity index (χ4n) is 3.61. The van der Waals surface area contributed by atoms with E-state index in [0.717, 1.165) is 35.4 Å². The maximum atomic E-state index is 13.0. The lowest BCUT2D eigenvalue weighted by Gasteiger charge is -2.17. The highest BCUT2D eigenvalue weighted by Crippen LogP contribution is 2.31. The van der Waals surface area contributed by atoms with Crippen molar-refractivity contribution in [3.05, 3.63) is 54.0 Å². The molecule has 0 spiro atoms. The Balaban J connectivity index is 1.60. The fourth-order valence-corrected chi connectivity index (χ4v) is 5.11. The average Bonchev–Trinajstić information content (AvgIpc) is 3.28. The van der Waals surface area contributed by atoms with Crippen molar-refractivity contribution in [2.45, 2.75) is 30.6 Å². The molecule has 0 bridgehead atoms. The van der Waals surface area contributed by atoms with Crippen LogP contribution in [0, 0.1) is 0 Å². The fraction of sp³-hybridized carbons (Fsp3) is 0.368. The number of pyridine rings is 1. The molecule has 1 saturated heterocycles. The number of nitrogens with zero attached hydrogens (tertiary/aromatic N) is 4. The summed E-state index contributed by atoms with van der Waals surface area (Å²) in [6.45, 7) is 3.02. The smallest absolute Gasteiger partial charge is 0.243 e. The second kappa shape index (κ2) is 6.48. The maximum absolute atomic E-state index is 13.0. The zero-order valence-electron chi connectivity index (χ0n) is 15.0. The minimum absolute atomic E-state index is 0.0823. The Labute approximate surface area is 153 Å². The van der Waals surface area contributed by atoms with E-state index in [1.807, 2.05) is 35.9 Å². The largest absolute Gasteiger partial charge is 0.316 e.